The fourth-order valence-corrected chi connectivity index (χ4v) is 1.15. The van der Waals surface area contributed by atoms with Crippen LogP contribution in [-0.4, -0.2) is 24.3 Å². The van der Waals surface area contributed by atoms with Gasteiger partial charge in [0, 0.05) is 0 Å². The highest BCUT2D eigenvalue weighted by Crippen LogP contribution is 2.17. The highest BCUT2D eigenvalue weighted by Gasteiger charge is 2.12. The van der Waals surface area contributed by atoms with Crippen LogP contribution < -0.4 is 0 Å². The highest BCUT2D eigenvalue weighted by atomic mass is 16.5. The third kappa shape index (κ3) is 6.25. The molecule has 1 aromatic rings. The largest absolute Gasteiger partial charge is 0.469 e. The first-order valence-electron chi connectivity index (χ1n) is 4.85. The molecule has 92 valence electrons. The van der Waals surface area contributed by atoms with Crippen LogP contribution in [0, 0.1) is 6.92 Å². The Hall–Kier alpha value is -1.97. The first kappa shape index (κ1) is 15.0. The van der Waals surface area contributed by atoms with Crippen molar-refractivity contribution in [3.63, 3.8) is 0 Å². The van der Waals surface area contributed by atoms with Gasteiger partial charge in [-0.3, -0.25) is 4.79 Å². The minimum atomic E-state index is -0.775. The van der Waals surface area contributed by atoms with Gasteiger partial charge in [-0.1, -0.05) is 29.8 Å². The number of ether oxygens (including phenoxy) is 1. The van der Waals surface area contributed by atoms with Crippen molar-refractivity contribution in [1.82, 2.24) is 0 Å². The van der Waals surface area contributed by atoms with Crippen molar-refractivity contribution in [2.75, 3.05) is 7.11 Å². The molecule has 5 heteroatoms. The van der Waals surface area contributed by atoms with Crippen molar-refractivity contribution < 1.29 is 24.2 Å². The van der Waals surface area contributed by atoms with Crippen molar-refractivity contribution >= 4 is 12.1 Å². The Morgan fingerprint density at radius 2 is 1.82 bits per heavy atom. The van der Waals surface area contributed by atoms with Crippen LogP contribution in [0.5, 0.6) is 0 Å². The Morgan fingerprint density at radius 3 is 2.24 bits per heavy atom. The van der Waals surface area contributed by atoms with Gasteiger partial charge < -0.3 is 9.84 Å². The van der Waals surface area contributed by atoms with Crippen molar-refractivity contribution in [1.29, 1.82) is 0 Å². The van der Waals surface area contributed by atoms with Gasteiger partial charge >= 0.3 is 12.1 Å². The fraction of sp³-hybridized carbons (Fsp3) is 0.333. The second kappa shape index (κ2) is 8.21. The van der Waals surface area contributed by atoms with E-state index in [4.69, 9.17) is 9.59 Å². The molecule has 0 fully saturated rings. The molecule has 0 saturated heterocycles. The molecule has 1 atom stereocenters. The summed E-state index contributed by atoms with van der Waals surface area (Å²) in [6.45, 7) is 1.97. The average Bonchev–Trinajstić information content (AvgIpc) is 2.30. The Kier molecular flexibility index (Phi) is 7.26. The lowest BCUT2D eigenvalue weighted by Crippen LogP contribution is -2.07. The molecule has 1 aromatic carbocycles. The summed E-state index contributed by atoms with van der Waals surface area (Å²) in [6.07, 6.45) is -0.525. The molecule has 0 aliphatic rings. The number of carbonyl (C=O) groups excluding carboxylic acids is 3. The maximum Gasteiger partial charge on any atom is 0.373 e. The molecule has 0 aliphatic carbocycles. The zero-order chi connectivity index (χ0) is 13.3. The van der Waals surface area contributed by atoms with E-state index in [1.165, 1.54) is 7.11 Å². The molecule has 0 aliphatic heterocycles. The number of methoxy groups -OCH3 is 1. The van der Waals surface area contributed by atoms with Crippen LogP contribution >= 0.6 is 0 Å². The summed E-state index contributed by atoms with van der Waals surface area (Å²) in [5.41, 5.74) is 1.86. The van der Waals surface area contributed by atoms with Crippen molar-refractivity contribution in [2.45, 2.75) is 19.4 Å². The number of benzene rings is 1. The van der Waals surface area contributed by atoms with Crippen LogP contribution in [0.3, 0.4) is 0 Å². The van der Waals surface area contributed by atoms with E-state index in [0.29, 0.717) is 0 Å². The van der Waals surface area contributed by atoms with Gasteiger partial charge in [0.2, 0.25) is 0 Å². The molecular weight excluding hydrogens is 224 g/mol. The van der Waals surface area contributed by atoms with E-state index in [-0.39, 0.29) is 12.6 Å². The van der Waals surface area contributed by atoms with Gasteiger partial charge in [0.15, 0.2) is 0 Å². The van der Waals surface area contributed by atoms with Crippen molar-refractivity contribution in [3.05, 3.63) is 35.4 Å². The quantitative estimate of drug-likeness (QED) is 0.795. The Morgan fingerprint density at radius 1 is 1.35 bits per heavy atom. The van der Waals surface area contributed by atoms with Crippen molar-refractivity contribution in [3.8, 4) is 0 Å². The molecular formula is C12H14O5. The van der Waals surface area contributed by atoms with E-state index in [1.54, 1.807) is 0 Å². The van der Waals surface area contributed by atoms with Gasteiger partial charge in [0.05, 0.1) is 19.6 Å². The molecule has 1 rings (SSSR count). The summed E-state index contributed by atoms with van der Waals surface area (Å²) in [5, 5.41) is 9.61. The monoisotopic (exact) mass is 238 g/mol. The number of esters is 1. The lowest BCUT2D eigenvalue weighted by molar-refractivity contribution is -0.191. The van der Waals surface area contributed by atoms with Gasteiger partial charge in [-0.2, -0.15) is 9.59 Å². The predicted octanol–water partition coefficient (Wildman–Crippen LogP) is 1.01. The molecule has 0 aromatic heterocycles. The molecule has 0 spiro atoms. The standard InChI is InChI=1S/C11H14O3.CO2/c1-8-3-5-9(6-4-8)10(12)7-11(13)14-2;2-1-3/h3-6,10,12H,7H2,1-2H3;. The van der Waals surface area contributed by atoms with Crippen LogP contribution in [0.25, 0.3) is 0 Å². The molecule has 0 bridgehead atoms. The van der Waals surface area contributed by atoms with Gasteiger partial charge in [-0.05, 0) is 12.5 Å². The third-order valence-electron chi connectivity index (χ3n) is 2.05. The molecule has 0 heterocycles. The van der Waals surface area contributed by atoms with Crippen LogP contribution in [0.15, 0.2) is 24.3 Å². The number of aliphatic hydroxyl groups excluding tert-OH is 1. The van der Waals surface area contributed by atoms with Gasteiger partial charge in [-0.15, -0.1) is 0 Å². The van der Waals surface area contributed by atoms with Crippen LogP contribution in [0.1, 0.15) is 23.7 Å². The maximum atomic E-state index is 10.9. The first-order chi connectivity index (χ1) is 8.04. The predicted molar refractivity (Wildman–Crippen MR) is 57.8 cm³/mol. The van der Waals surface area contributed by atoms with Crippen LogP contribution in [-0.2, 0) is 19.1 Å². The summed E-state index contributed by atoms with van der Waals surface area (Å²) in [5.74, 6) is -0.405. The van der Waals surface area contributed by atoms with Crippen LogP contribution in [0.4, 0.5) is 0 Å². The number of aryl methyl sites for hydroxylation is 1. The topological polar surface area (TPSA) is 80.7 Å². The first-order valence-corrected chi connectivity index (χ1v) is 4.85. The Bertz CT molecular complexity index is 376. The van der Waals surface area contributed by atoms with E-state index in [2.05, 4.69) is 4.74 Å². The SMILES string of the molecule is COC(=O)CC(O)c1ccc(C)cc1.O=C=O. The van der Waals surface area contributed by atoms with E-state index in [9.17, 15) is 9.90 Å². The summed E-state index contributed by atoms with van der Waals surface area (Å²) in [7, 11) is 1.31. The molecule has 0 amide bonds. The zero-order valence-electron chi connectivity index (χ0n) is 9.67. The van der Waals surface area contributed by atoms with Crippen LogP contribution in [0.2, 0.25) is 0 Å². The number of rotatable bonds is 3. The fourth-order valence-electron chi connectivity index (χ4n) is 1.15. The third-order valence-corrected chi connectivity index (χ3v) is 2.05. The smallest absolute Gasteiger partial charge is 0.373 e. The number of hydrogen-bond donors (Lipinski definition) is 1. The van der Waals surface area contributed by atoms with Gasteiger partial charge in [-0.25, -0.2) is 0 Å². The Labute approximate surface area is 99.0 Å². The number of aliphatic hydroxyl groups is 1. The minimum Gasteiger partial charge on any atom is -0.469 e. The summed E-state index contributed by atoms with van der Waals surface area (Å²) < 4.78 is 4.47. The van der Waals surface area contributed by atoms with E-state index >= 15 is 0 Å². The maximum absolute atomic E-state index is 10.9. The second-order valence-corrected chi connectivity index (χ2v) is 3.29. The van der Waals surface area contributed by atoms with Gasteiger partial charge in [0.1, 0.15) is 0 Å². The normalized spacial score (nSPS) is 10.5. The molecule has 17 heavy (non-hydrogen) atoms. The molecule has 0 radical (unpaired) electrons. The van der Waals surface area contributed by atoms with Gasteiger partial charge in [0.25, 0.3) is 0 Å². The zero-order valence-corrected chi connectivity index (χ0v) is 9.67. The summed E-state index contributed by atoms with van der Waals surface area (Å²) in [4.78, 5) is 27.1. The molecule has 5 nitrogen and oxygen atoms in total. The van der Waals surface area contributed by atoms with E-state index in [1.807, 2.05) is 31.2 Å². The highest BCUT2D eigenvalue weighted by molar-refractivity contribution is 5.70. The summed E-state index contributed by atoms with van der Waals surface area (Å²) in [6, 6.07) is 7.41. The lowest BCUT2D eigenvalue weighted by atomic mass is 10.1. The number of carbonyl (C=O) groups is 1. The molecule has 1 unspecified atom stereocenters. The van der Waals surface area contributed by atoms with E-state index < -0.39 is 12.1 Å². The second-order valence-electron chi connectivity index (χ2n) is 3.29. The number of hydrogen-bond acceptors (Lipinski definition) is 5. The average molecular weight is 238 g/mol. The minimum absolute atomic E-state index is 0.000436. The molecule has 1 N–H and O–H groups in total. The summed E-state index contributed by atoms with van der Waals surface area (Å²) >= 11 is 0. The molecule has 0 saturated carbocycles. The van der Waals surface area contributed by atoms with Crippen molar-refractivity contribution in [2.24, 2.45) is 0 Å². The lowest BCUT2D eigenvalue weighted by Gasteiger charge is -2.09. The Balaban J connectivity index is 0.000000770. The van der Waals surface area contributed by atoms with E-state index in [0.717, 1.165) is 11.1 Å².